The predicted molar refractivity (Wildman–Crippen MR) is 138 cm³/mol. The second-order valence-electron chi connectivity index (χ2n) is 8.81. The van der Waals surface area contributed by atoms with Crippen molar-refractivity contribution in [3.8, 4) is 5.75 Å². The van der Waals surface area contributed by atoms with Crippen molar-refractivity contribution in [1.82, 2.24) is 10.2 Å². The lowest BCUT2D eigenvalue weighted by Gasteiger charge is -2.26. The Morgan fingerprint density at radius 3 is 2.51 bits per heavy atom. The van der Waals surface area contributed by atoms with Gasteiger partial charge < -0.3 is 20.5 Å². The molecule has 1 fully saturated rings. The van der Waals surface area contributed by atoms with Gasteiger partial charge in [0.1, 0.15) is 11.4 Å². The summed E-state index contributed by atoms with van der Waals surface area (Å²) in [6, 6.07) is 15.7. The van der Waals surface area contributed by atoms with E-state index in [2.05, 4.69) is 20.7 Å². The van der Waals surface area contributed by atoms with Crippen LogP contribution in [0.2, 0.25) is 0 Å². The average molecular weight is 527 g/mol. The minimum atomic E-state index is -4.40. The molecule has 2 aromatic rings. The fraction of sp³-hybridized carbons (Fsp3) is 0.346. The zero-order valence-electron chi connectivity index (χ0n) is 20.4. The Morgan fingerprint density at radius 1 is 1.00 bits per heavy atom. The van der Waals surface area contributed by atoms with Gasteiger partial charge in [-0.3, -0.25) is 4.90 Å². The highest BCUT2D eigenvalue weighted by molar-refractivity contribution is 7.95. The van der Waals surface area contributed by atoms with Crippen LogP contribution in [0.25, 0.3) is 0 Å². The molecule has 0 bridgehead atoms. The molecule has 0 unspecified atom stereocenters. The molecule has 4 rings (SSSR count). The molecule has 11 heteroatoms. The SMILES string of the molecule is NC1=C(C(=O)OC(=O)c2ccccc2)S(=O)(=O)N=C1NCCCOc1cccc(CN2CCCCC2)c1. The number of amidine groups is 1. The van der Waals surface area contributed by atoms with Crippen LogP contribution in [0.5, 0.6) is 5.75 Å². The molecule has 0 radical (unpaired) electrons. The lowest BCUT2D eigenvalue weighted by atomic mass is 10.1. The lowest BCUT2D eigenvalue weighted by molar-refractivity contribution is -0.132. The molecule has 2 aliphatic rings. The van der Waals surface area contributed by atoms with Crippen molar-refractivity contribution in [3.05, 3.63) is 76.3 Å². The quantitative estimate of drug-likeness (QED) is 0.286. The predicted octanol–water partition coefficient (Wildman–Crippen LogP) is 2.33. The van der Waals surface area contributed by atoms with E-state index in [4.69, 9.17) is 15.2 Å². The topological polar surface area (TPSA) is 140 Å². The number of ether oxygens (including phenoxy) is 2. The first-order valence-corrected chi connectivity index (χ1v) is 13.6. The van der Waals surface area contributed by atoms with E-state index in [1.807, 2.05) is 18.2 Å². The van der Waals surface area contributed by atoms with E-state index in [1.54, 1.807) is 18.2 Å². The summed E-state index contributed by atoms with van der Waals surface area (Å²) in [6.45, 7) is 3.83. The van der Waals surface area contributed by atoms with E-state index in [9.17, 15) is 18.0 Å². The third kappa shape index (κ3) is 6.95. The van der Waals surface area contributed by atoms with Gasteiger partial charge in [0.2, 0.25) is 4.91 Å². The van der Waals surface area contributed by atoms with Crippen LogP contribution < -0.4 is 15.8 Å². The number of sulfonamides is 1. The summed E-state index contributed by atoms with van der Waals surface area (Å²) in [6.07, 6.45) is 4.30. The van der Waals surface area contributed by atoms with E-state index in [0.717, 1.165) is 25.4 Å². The molecule has 2 aliphatic heterocycles. The maximum atomic E-state index is 12.4. The Bertz CT molecular complexity index is 1300. The van der Waals surface area contributed by atoms with E-state index >= 15 is 0 Å². The molecule has 0 aliphatic carbocycles. The van der Waals surface area contributed by atoms with Crippen molar-refractivity contribution in [2.45, 2.75) is 32.2 Å². The average Bonchev–Trinajstić information content (AvgIpc) is 3.12. The van der Waals surface area contributed by atoms with Gasteiger partial charge in [-0.05, 0) is 62.2 Å². The Kier molecular flexibility index (Phi) is 8.57. The molecule has 0 aromatic heterocycles. The van der Waals surface area contributed by atoms with Gasteiger partial charge in [-0.1, -0.05) is 36.8 Å². The van der Waals surface area contributed by atoms with Crippen molar-refractivity contribution >= 4 is 27.8 Å². The first kappa shape index (κ1) is 26.4. The summed E-state index contributed by atoms with van der Waals surface area (Å²) in [5.41, 5.74) is 6.78. The van der Waals surface area contributed by atoms with Crippen LogP contribution in [0, 0.1) is 0 Å². The second-order valence-corrected chi connectivity index (χ2v) is 10.4. The summed E-state index contributed by atoms with van der Waals surface area (Å²) in [5.74, 6) is -1.76. The molecule has 0 atom stereocenters. The first-order chi connectivity index (χ1) is 17.8. The maximum absolute atomic E-state index is 12.4. The normalized spacial score (nSPS) is 17.2. The van der Waals surface area contributed by atoms with Gasteiger partial charge in [0.05, 0.1) is 12.2 Å². The van der Waals surface area contributed by atoms with Crippen LogP contribution in [-0.2, 0) is 26.1 Å². The van der Waals surface area contributed by atoms with Gasteiger partial charge in [-0.15, -0.1) is 4.40 Å². The Morgan fingerprint density at radius 2 is 1.76 bits per heavy atom. The van der Waals surface area contributed by atoms with E-state index < -0.39 is 32.6 Å². The standard InChI is InChI=1S/C26H30N4O6S/c27-22-23(26(32)36-25(31)20-10-3-1-4-11-20)37(33,34)29-24(22)28-13-8-16-35-21-12-7-9-19(17-21)18-30-14-5-2-6-15-30/h1,3-4,7,9-12,17H,2,5-6,8,13-16,18,27H2,(H,28,29). The number of benzene rings is 2. The van der Waals surface area contributed by atoms with Gasteiger partial charge in [0, 0.05) is 13.1 Å². The Hall–Kier alpha value is -3.70. The minimum absolute atomic E-state index is 0.0988. The molecule has 10 nitrogen and oxygen atoms in total. The van der Waals surface area contributed by atoms with Gasteiger partial charge in [0.25, 0.3) is 10.0 Å². The van der Waals surface area contributed by atoms with Crippen LogP contribution in [0.3, 0.4) is 0 Å². The molecule has 196 valence electrons. The molecule has 3 N–H and O–H groups in total. The monoisotopic (exact) mass is 526 g/mol. The third-order valence-corrected chi connectivity index (χ3v) is 7.31. The number of nitrogens with two attached hydrogens (primary N) is 1. The number of nitrogens with one attached hydrogen (secondary N) is 1. The van der Waals surface area contributed by atoms with Crippen LogP contribution >= 0.6 is 0 Å². The van der Waals surface area contributed by atoms with Crippen molar-refractivity contribution in [2.75, 3.05) is 26.2 Å². The number of carbonyl (C=O) groups is 2. The highest BCUT2D eigenvalue weighted by Gasteiger charge is 2.38. The molecular weight excluding hydrogens is 496 g/mol. The molecule has 1 saturated heterocycles. The van der Waals surface area contributed by atoms with Crippen molar-refractivity contribution < 1.29 is 27.5 Å². The summed E-state index contributed by atoms with van der Waals surface area (Å²) < 4.78 is 38.8. The maximum Gasteiger partial charge on any atom is 0.361 e. The van der Waals surface area contributed by atoms with Crippen molar-refractivity contribution in [3.63, 3.8) is 0 Å². The van der Waals surface area contributed by atoms with Crippen LogP contribution in [0.4, 0.5) is 0 Å². The number of piperidine rings is 1. The number of likely N-dealkylation sites (tertiary alicyclic amines) is 1. The smallest absolute Gasteiger partial charge is 0.361 e. The molecule has 0 saturated carbocycles. The molecule has 2 aromatic carbocycles. The molecule has 0 amide bonds. The fourth-order valence-electron chi connectivity index (χ4n) is 4.15. The van der Waals surface area contributed by atoms with Crippen molar-refractivity contribution in [1.29, 1.82) is 0 Å². The summed E-state index contributed by atoms with van der Waals surface area (Å²) in [5, 5.41) is 2.82. The molecular formula is C26H30N4O6S. The third-order valence-electron chi connectivity index (χ3n) is 5.99. The number of hydrogen-bond acceptors (Lipinski definition) is 9. The highest BCUT2D eigenvalue weighted by Crippen LogP contribution is 2.22. The Balaban J connectivity index is 1.26. The highest BCUT2D eigenvalue weighted by atomic mass is 32.2. The number of nitrogens with zero attached hydrogens (tertiary/aromatic N) is 2. The summed E-state index contributed by atoms with van der Waals surface area (Å²) >= 11 is 0. The van der Waals surface area contributed by atoms with Crippen molar-refractivity contribution in [2.24, 2.45) is 10.1 Å². The fourth-order valence-corrected chi connectivity index (χ4v) is 5.27. The number of rotatable bonds is 9. The second kappa shape index (κ2) is 12.0. The van der Waals surface area contributed by atoms with Gasteiger partial charge >= 0.3 is 11.9 Å². The van der Waals surface area contributed by atoms with E-state index in [0.29, 0.717) is 19.6 Å². The number of hydrogen-bond donors (Lipinski definition) is 2. The molecule has 2 heterocycles. The molecule has 37 heavy (non-hydrogen) atoms. The number of esters is 2. The zero-order chi connectivity index (χ0) is 26.3. The van der Waals surface area contributed by atoms with Gasteiger partial charge in [0.15, 0.2) is 5.84 Å². The van der Waals surface area contributed by atoms with E-state index in [1.165, 1.54) is 37.0 Å². The lowest BCUT2D eigenvalue weighted by Crippen LogP contribution is -2.30. The number of carbonyl (C=O) groups excluding carboxylic acids is 2. The zero-order valence-corrected chi connectivity index (χ0v) is 21.2. The Labute approximate surface area is 216 Å². The van der Waals surface area contributed by atoms with Crippen LogP contribution in [0.1, 0.15) is 41.6 Å². The molecule has 0 spiro atoms. The first-order valence-electron chi connectivity index (χ1n) is 12.2. The van der Waals surface area contributed by atoms with Gasteiger partial charge in [-0.2, -0.15) is 8.42 Å². The van der Waals surface area contributed by atoms with E-state index in [-0.39, 0.29) is 11.4 Å². The largest absolute Gasteiger partial charge is 0.494 e. The van der Waals surface area contributed by atoms with Gasteiger partial charge in [-0.25, -0.2) is 9.59 Å². The minimum Gasteiger partial charge on any atom is -0.494 e. The van der Waals surface area contributed by atoms with Crippen LogP contribution in [-0.4, -0.2) is 57.3 Å². The van der Waals surface area contributed by atoms with Crippen LogP contribution in [0.15, 0.2) is 69.6 Å². The summed E-state index contributed by atoms with van der Waals surface area (Å²) in [4.78, 5) is 26.1. The summed E-state index contributed by atoms with van der Waals surface area (Å²) in [7, 11) is -4.40.